The summed E-state index contributed by atoms with van der Waals surface area (Å²) in [6.07, 6.45) is 0. The molecule has 3 aromatic carbocycles. The highest BCUT2D eigenvalue weighted by atomic mass is 35.5. The summed E-state index contributed by atoms with van der Waals surface area (Å²) in [7, 11) is -1.80. The smallest absolute Gasteiger partial charge is 0.264 e. The second-order valence-electron chi connectivity index (χ2n) is 8.55. The van der Waals surface area contributed by atoms with Crippen molar-refractivity contribution in [1.29, 1.82) is 0 Å². The molecule has 0 saturated carbocycles. The van der Waals surface area contributed by atoms with Gasteiger partial charge in [0.05, 0.1) is 17.1 Å². The molecule has 0 radical (unpaired) electrons. The van der Waals surface area contributed by atoms with E-state index in [1.807, 2.05) is 37.1 Å². The highest BCUT2D eigenvalue weighted by Crippen LogP contribution is 2.31. The van der Waals surface area contributed by atoms with Crippen LogP contribution in [-0.2, 0) is 16.6 Å². The van der Waals surface area contributed by atoms with Crippen LogP contribution in [-0.4, -0.2) is 57.4 Å². The lowest BCUT2D eigenvalue weighted by Gasteiger charge is -2.32. The summed E-state index contributed by atoms with van der Waals surface area (Å²) in [6, 6.07) is 20.8. The van der Waals surface area contributed by atoms with Crippen LogP contribution in [0.25, 0.3) is 0 Å². The van der Waals surface area contributed by atoms with Crippen LogP contribution in [0.5, 0.6) is 0 Å². The topological polar surface area (TPSA) is 60.9 Å². The molecule has 4 rings (SSSR count). The molecule has 1 heterocycles. The lowest BCUT2D eigenvalue weighted by molar-refractivity contribution is 0.0664. The number of halogens is 1. The number of carbonyl (C=O) groups is 1. The molecule has 0 unspecified atom stereocenters. The highest BCUT2D eigenvalue weighted by molar-refractivity contribution is 7.92. The zero-order valence-electron chi connectivity index (χ0n) is 19.3. The van der Waals surface area contributed by atoms with Crippen LogP contribution in [0.4, 0.5) is 5.69 Å². The van der Waals surface area contributed by atoms with Crippen LogP contribution in [0.2, 0.25) is 5.02 Å². The fraction of sp³-hybridized carbons (Fsp3) is 0.269. The van der Waals surface area contributed by atoms with Gasteiger partial charge in [-0.1, -0.05) is 48.0 Å². The van der Waals surface area contributed by atoms with Gasteiger partial charge < -0.3 is 9.80 Å². The monoisotopic (exact) mass is 497 g/mol. The van der Waals surface area contributed by atoms with Crippen molar-refractivity contribution < 1.29 is 13.2 Å². The number of hydrogen-bond donors (Lipinski definition) is 0. The second-order valence-corrected chi connectivity index (χ2v) is 10.8. The normalized spacial score (nSPS) is 14.7. The molecular formula is C26H28ClN3O3S. The minimum atomic E-state index is -3.85. The largest absolute Gasteiger partial charge is 0.336 e. The van der Waals surface area contributed by atoms with Gasteiger partial charge in [-0.25, -0.2) is 8.42 Å². The zero-order valence-corrected chi connectivity index (χ0v) is 20.9. The van der Waals surface area contributed by atoms with Crippen LogP contribution in [0.1, 0.15) is 21.5 Å². The van der Waals surface area contributed by atoms with Crippen molar-refractivity contribution in [3.63, 3.8) is 0 Å². The highest BCUT2D eigenvalue weighted by Gasteiger charge is 2.27. The summed E-state index contributed by atoms with van der Waals surface area (Å²) in [5.41, 5.74) is 2.69. The van der Waals surface area contributed by atoms with Crippen molar-refractivity contribution in [1.82, 2.24) is 9.80 Å². The van der Waals surface area contributed by atoms with Crippen molar-refractivity contribution >= 4 is 33.2 Å². The molecule has 0 N–H and O–H groups in total. The lowest BCUT2D eigenvalue weighted by atomic mass is 10.1. The molecule has 1 amide bonds. The van der Waals surface area contributed by atoms with Gasteiger partial charge in [-0.2, -0.15) is 0 Å². The molecule has 0 aliphatic carbocycles. The third-order valence-corrected chi connectivity index (χ3v) is 8.10. The average Bonchev–Trinajstić information content (AvgIpc) is 2.85. The van der Waals surface area contributed by atoms with Gasteiger partial charge >= 0.3 is 0 Å². The van der Waals surface area contributed by atoms with Crippen LogP contribution in [0, 0.1) is 6.92 Å². The number of amides is 1. The Kier molecular flexibility index (Phi) is 7.26. The number of anilines is 1. The minimum absolute atomic E-state index is 0.000834. The van der Waals surface area contributed by atoms with Crippen LogP contribution in [0.3, 0.4) is 0 Å². The molecule has 6 nitrogen and oxygen atoms in total. The maximum atomic E-state index is 13.6. The molecule has 1 saturated heterocycles. The van der Waals surface area contributed by atoms with Gasteiger partial charge in [0.15, 0.2) is 0 Å². The minimum Gasteiger partial charge on any atom is -0.336 e. The second kappa shape index (κ2) is 10.2. The van der Waals surface area contributed by atoms with E-state index in [1.165, 1.54) is 4.31 Å². The van der Waals surface area contributed by atoms with E-state index in [9.17, 15) is 13.2 Å². The van der Waals surface area contributed by atoms with Crippen LogP contribution in [0.15, 0.2) is 77.7 Å². The molecule has 1 aliphatic heterocycles. The Morgan fingerprint density at radius 2 is 1.59 bits per heavy atom. The van der Waals surface area contributed by atoms with Gasteiger partial charge in [-0.3, -0.25) is 9.10 Å². The molecule has 0 bridgehead atoms. The number of carbonyl (C=O) groups excluding carboxylic acids is 1. The van der Waals surface area contributed by atoms with Gasteiger partial charge in [0.25, 0.3) is 15.9 Å². The number of hydrogen-bond acceptors (Lipinski definition) is 4. The van der Waals surface area contributed by atoms with Crippen molar-refractivity contribution in [3.05, 3.63) is 94.5 Å². The molecule has 178 valence electrons. The first-order chi connectivity index (χ1) is 16.3. The quantitative estimate of drug-likeness (QED) is 0.505. The molecule has 1 aliphatic rings. The van der Waals surface area contributed by atoms with Gasteiger partial charge in [0.1, 0.15) is 0 Å². The number of aryl methyl sites for hydroxylation is 1. The van der Waals surface area contributed by atoms with E-state index in [0.29, 0.717) is 29.4 Å². The van der Waals surface area contributed by atoms with Crippen molar-refractivity contribution in [2.45, 2.75) is 18.4 Å². The summed E-state index contributed by atoms with van der Waals surface area (Å²) in [6.45, 7) is 5.09. The SMILES string of the molecule is Cc1ccc(Cl)cc1N(Cc1ccc(C(=O)N2CCN(C)CC2)cc1)S(=O)(=O)c1ccccc1. The lowest BCUT2D eigenvalue weighted by Crippen LogP contribution is -2.47. The van der Waals surface area contributed by atoms with Crippen LogP contribution >= 0.6 is 11.6 Å². The maximum absolute atomic E-state index is 13.6. The zero-order chi connectivity index (χ0) is 24.3. The van der Waals surface area contributed by atoms with E-state index in [4.69, 9.17) is 11.6 Å². The summed E-state index contributed by atoms with van der Waals surface area (Å²) in [4.78, 5) is 17.1. The van der Waals surface area contributed by atoms with E-state index in [2.05, 4.69) is 4.90 Å². The average molecular weight is 498 g/mol. The Balaban J connectivity index is 1.63. The first kappa shape index (κ1) is 24.3. The molecule has 8 heteroatoms. The molecule has 34 heavy (non-hydrogen) atoms. The first-order valence-electron chi connectivity index (χ1n) is 11.2. The summed E-state index contributed by atoms with van der Waals surface area (Å²) < 4.78 is 28.6. The van der Waals surface area contributed by atoms with Gasteiger partial charge in [-0.05, 0) is 61.5 Å². The van der Waals surface area contributed by atoms with Crippen molar-refractivity contribution in [2.75, 3.05) is 37.5 Å². The fourth-order valence-corrected chi connectivity index (χ4v) is 5.68. The van der Waals surface area contributed by atoms with Gasteiger partial charge in [-0.15, -0.1) is 0 Å². The van der Waals surface area contributed by atoms with E-state index < -0.39 is 10.0 Å². The predicted octanol–water partition coefficient (Wildman–Crippen LogP) is 4.43. The molecule has 0 atom stereocenters. The summed E-state index contributed by atoms with van der Waals surface area (Å²) in [5, 5.41) is 0.460. The number of likely N-dealkylation sites (N-methyl/N-ethyl adjacent to an activating group) is 1. The van der Waals surface area contributed by atoms with E-state index in [0.717, 1.165) is 24.2 Å². The van der Waals surface area contributed by atoms with E-state index in [-0.39, 0.29) is 17.3 Å². The first-order valence-corrected chi connectivity index (χ1v) is 13.0. The van der Waals surface area contributed by atoms with Crippen molar-refractivity contribution in [3.8, 4) is 0 Å². The Morgan fingerprint density at radius 1 is 0.941 bits per heavy atom. The van der Waals surface area contributed by atoms with Gasteiger partial charge in [0.2, 0.25) is 0 Å². The number of nitrogens with zero attached hydrogens (tertiary/aromatic N) is 3. The van der Waals surface area contributed by atoms with Gasteiger partial charge in [0, 0.05) is 36.8 Å². The Labute approximate surface area is 206 Å². The number of sulfonamides is 1. The molecule has 0 aromatic heterocycles. The number of benzene rings is 3. The summed E-state index contributed by atoms with van der Waals surface area (Å²) >= 11 is 6.23. The molecule has 3 aromatic rings. The molecule has 1 fully saturated rings. The number of rotatable bonds is 6. The van der Waals surface area contributed by atoms with E-state index >= 15 is 0 Å². The third-order valence-electron chi connectivity index (χ3n) is 6.09. The van der Waals surface area contributed by atoms with Crippen LogP contribution < -0.4 is 4.31 Å². The molecule has 0 spiro atoms. The Hall–Kier alpha value is -2.87. The van der Waals surface area contributed by atoms with E-state index in [1.54, 1.807) is 54.6 Å². The maximum Gasteiger partial charge on any atom is 0.264 e. The predicted molar refractivity (Wildman–Crippen MR) is 136 cm³/mol. The molecular weight excluding hydrogens is 470 g/mol. The summed E-state index contributed by atoms with van der Waals surface area (Å²) in [5.74, 6) is -0.000834. The third kappa shape index (κ3) is 5.27. The standard InChI is InChI=1S/C26H28ClN3O3S/c1-20-8-13-23(27)18-25(20)30(34(32,33)24-6-4-3-5-7-24)19-21-9-11-22(12-10-21)26(31)29-16-14-28(2)15-17-29/h3-13,18H,14-17,19H2,1-2H3. The Morgan fingerprint density at radius 3 is 2.24 bits per heavy atom. The number of piperazine rings is 1. The fourth-order valence-electron chi connectivity index (χ4n) is 3.98. The van der Waals surface area contributed by atoms with Crippen molar-refractivity contribution in [2.24, 2.45) is 0 Å². The Bertz CT molecular complexity index is 1260.